The van der Waals surface area contributed by atoms with Gasteiger partial charge in [-0.25, -0.2) is 4.79 Å². The minimum atomic E-state index is -0.891. The highest BCUT2D eigenvalue weighted by Gasteiger charge is 2.31. The van der Waals surface area contributed by atoms with Crippen LogP contribution in [0.3, 0.4) is 0 Å². The van der Waals surface area contributed by atoms with E-state index in [2.05, 4.69) is 12.2 Å². The van der Waals surface area contributed by atoms with Crippen LogP contribution in [0.2, 0.25) is 0 Å². The largest absolute Gasteiger partial charge is 0.481 e. The Bertz CT molecular complexity index is 380. The second-order valence-electron chi connectivity index (χ2n) is 5.52. The zero-order chi connectivity index (χ0) is 15.2. The number of amides is 2. The third kappa shape index (κ3) is 4.78. The minimum Gasteiger partial charge on any atom is -0.481 e. The van der Waals surface area contributed by atoms with E-state index in [1.54, 1.807) is 4.90 Å². The van der Waals surface area contributed by atoms with Crippen LogP contribution >= 0.6 is 11.8 Å². The molecule has 2 rings (SSSR count). The third-order valence-corrected chi connectivity index (χ3v) is 5.30. The molecule has 0 spiro atoms. The van der Waals surface area contributed by atoms with E-state index < -0.39 is 12.1 Å². The molecule has 1 saturated carbocycles. The number of carboxylic acid groups (broad SMARTS) is 1. The average molecular weight is 316 g/mol. The number of morpholine rings is 1. The molecule has 1 aliphatic carbocycles. The Kier molecular flexibility index (Phi) is 6.17. The number of thioether (sulfide) groups is 1. The molecule has 7 heteroatoms. The summed E-state index contributed by atoms with van der Waals surface area (Å²) in [5.74, 6) is 0.174. The van der Waals surface area contributed by atoms with Gasteiger partial charge in [0.15, 0.2) is 0 Å². The first-order chi connectivity index (χ1) is 10.1. The normalized spacial score (nSPS) is 29.4. The summed E-state index contributed by atoms with van der Waals surface area (Å²) in [6, 6.07) is 0.158. The number of aliphatic carboxylic acids is 1. The van der Waals surface area contributed by atoms with Crippen molar-refractivity contribution in [1.82, 2.24) is 10.2 Å². The summed E-state index contributed by atoms with van der Waals surface area (Å²) in [7, 11) is 0. The van der Waals surface area contributed by atoms with Gasteiger partial charge in [0.1, 0.15) is 0 Å². The van der Waals surface area contributed by atoms with E-state index in [1.807, 2.05) is 11.8 Å². The van der Waals surface area contributed by atoms with Gasteiger partial charge >= 0.3 is 12.0 Å². The van der Waals surface area contributed by atoms with Gasteiger partial charge < -0.3 is 20.1 Å². The van der Waals surface area contributed by atoms with Gasteiger partial charge in [-0.05, 0) is 18.6 Å². The molecule has 21 heavy (non-hydrogen) atoms. The van der Waals surface area contributed by atoms with E-state index >= 15 is 0 Å². The van der Waals surface area contributed by atoms with Gasteiger partial charge in [-0.15, -0.1) is 0 Å². The predicted octanol–water partition coefficient (Wildman–Crippen LogP) is 1.55. The highest BCUT2D eigenvalue weighted by molar-refractivity contribution is 7.99. The summed E-state index contributed by atoms with van der Waals surface area (Å²) in [6.45, 7) is 3.43. The van der Waals surface area contributed by atoms with Crippen molar-refractivity contribution in [2.24, 2.45) is 0 Å². The Morgan fingerprint density at radius 3 is 2.95 bits per heavy atom. The van der Waals surface area contributed by atoms with Crippen molar-refractivity contribution >= 4 is 23.8 Å². The molecule has 2 fully saturated rings. The van der Waals surface area contributed by atoms with Crippen LogP contribution in [0.1, 0.15) is 32.6 Å². The molecule has 1 heterocycles. The Morgan fingerprint density at radius 2 is 2.24 bits per heavy atom. The monoisotopic (exact) mass is 316 g/mol. The summed E-state index contributed by atoms with van der Waals surface area (Å²) in [5.41, 5.74) is 0. The summed E-state index contributed by atoms with van der Waals surface area (Å²) < 4.78 is 5.39. The number of hydrogen-bond donors (Lipinski definition) is 2. The highest BCUT2D eigenvalue weighted by atomic mass is 32.2. The molecule has 3 unspecified atom stereocenters. The third-order valence-electron chi connectivity index (χ3n) is 3.97. The second-order valence-corrected chi connectivity index (χ2v) is 7.03. The first-order valence-corrected chi connectivity index (χ1v) is 8.65. The zero-order valence-electron chi connectivity index (χ0n) is 12.4. The maximum Gasteiger partial charge on any atom is 0.317 e. The van der Waals surface area contributed by atoms with E-state index in [-0.39, 0.29) is 18.5 Å². The van der Waals surface area contributed by atoms with Crippen LogP contribution in [0.15, 0.2) is 0 Å². The Labute approximate surface area is 129 Å². The van der Waals surface area contributed by atoms with Gasteiger partial charge in [-0.3, -0.25) is 4.79 Å². The van der Waals surface area contributed by atoms with E-state index in [0.29, 0.717) is 24.9 Å². The first kappa shape index (κ1) is 16.4. The van der Waals surface area contributed by atoms with E-state index in [0.717, 1.165) is 25.0 Å². The zero-order valence-corrected chi connectivity index (χ0v) is 13.2. The molecule has 2 N–H and O–H groups in total. The molecular formula is C14H24N2O4S. The van der Waals surface area contributed by atoms with Gasteiger partial charge in [0.05, 0.1) is 19.1 Å². The molecular weight excluding hydrogens is 292 g/mol. The number of carboxylic acids is 1. The smallest absolute Gasteiger partial charge is 0.317 e. The van der Waals surface area contributed by atoms with Crippen LogP contribution in [0.4, 0.5) is 4.79 Å². The van der Waals surface area contributed by atoms with Crippen LogP contribution in [0.25, 0.3) is 0 Å². The number of carbonyl (C=O) groups excluding carboxylic acids is 1. The average Bonchev–Trinajstić information content (AvgIpc) is 2.86. The second kappa shape index (κ2) is 7.89. The fourth-order valence-electron chi connectivity index (χ4n) is 2.98. The molecule has 1 saturated heterocycles. The molecule has 2 aliphatic rings. The summed E-state index contributed by atoms with van der Waals surface area (Å²) in [4.78, 5) is 24.8. The highest BCUT2D eigenvalue weighted by Crippen LogP contribution is 2.30. The van der Waals surface area contributed by atoms with Crippen molar-refractivity contribution in [3.63, 3.8) is 0 Å². The first-order valence-electron chi connectivity index (χ1n) is 7.60. The van der Waals surface area contributed by atoms with Crippen LogP contribution in [-0.2, 0) is 9.53 Å². The van der Waals surface area contributed by atoms with Crippen molar-refractivity contribution < 1.29 is 19.4 Å². The molecule has 0 aromatic carbocycles. The molecule has 0 aromatic heterocycles. The molecule has 3 atom stereocenters. The number of ether oxygens (including phenoxy) is 1. The Morgan fingerprint density at radius 1 is 1.43 bits per heavy atom. The number of carbonyl (C=O) groups is 2. The van der Waals surface area contributed by atoms with E-state index in [9.17, 15) is 9.59 Å². The summed E-state index contributed by atoms with van der Waals surface area (Å²) >= 11 is 1.91. The lowest BCUT2D eigenvalue weighted by Crippen LogP contribution is -2.53. The number of rotatable bonds is 5. The van der Waals surface area contributed by atoms with Crippen LogP contribution in [-0.4, -0.2) is 64.9 Å². The van der Waals surface area contributed by atoms with E-state index in [4.69, 9.17) is 9.84 Å². The maximum atomic E-state index is 12.3. The fraction of sp³-hybridized carbons (Fsp3) is 0.857. The van der Waals surface area contributed by atoms with Crippen LogP contribution < -0.4 is 5.32 Å². The molecule has 0 bridgehead atoms. The Hall–Kier alpha value is -0.950. The van der Waals surface area contributed by atoms with E-state index in [1.165, 1.54) is 0 Å². The molecule has 0 radical (unpaired) electrons. The molecule has 2 amide bonds. The van der Waals surface area contributed by atoms with Crippen molar-refractivity contribution in [1.29, 1.82) is 0 Å². The fourth-order valence-corrected chi connectivity index (χ4v) is 4.17. The quantitative estimate of drug-likeness (QED) is 0.804. The minimum absolute atomic E-state index is 0.0540. The number of urea groups is 1. The molecule has 120 valence electrons. The molecule has 6 nitrogen and oxygen atoms in total. The van der Waals surface area contributed by atoms with Gasteiger partial charge in [0.25, 0.3) is 0 Å². The number of nitrogens with zero attached hydrogens (tertiary/aromatic N) is 1. The van der Waals surface area contributed by atoms with Crippen molar-refractivity contribution in [3.8, 4) is 0 Å². The lowest BCUT2D eigenvalue weighted by atomic mass is 10.2. The topological polar surface area (TPSA) is 78.9 Å². The number of nitrogens with one attached hydrogen (secondary N) is 1. The SMILES string of the molecule is CCSC1CCCC1NC(=O)N1CCOC(CC(=O)O)C1. The number of hydrogen-bond acceptors (Lipinski definition) is 4. The predicted molar refractivity (Wildman–Crippen MR) is 81.7 cm³/mol. The lowest BCUT2D eigenvalue weighted by molar-refractivity contribution is -0.141. The van der Waals surface area contributed by atoms with Gasteiger partial charge in [-0.1, -0.05) is 13.3 Å². The Balaban J connectivity index is 1.83. The van der Waals surface area contributed by atoms with Gasteiger partial charge in [0.2, 0.25) is 0 Å². The molecule has 1 aliphatic heterocycles. The van der Waals surface area contributed by atoms with Crippen molar-refractivity contribution in [2.45, 2.75) is 50.0 Å². The van der Waals surface area contributed by atoms with Crippen molar-refractivity contribution in [3.05, 3.63) is 0 Å². The maximum absolute atomic E-state index is 12.3. The molecule has 0 aromatic rings. The van der Waals surface area contributed by atoms with Crippen molar-refractivity contribution in [2.75, 3.05) is 25.4 Å². The summed E-state index contributed by atoms with van der Waals surface area (Å²) in [6.07, 6.45) is 2.90. The van der Waals surface area contributed by atoms with Crippen LogP contribution in [0.5, 0.6) is 0 Å². The standard InChI is InChI=1S/C14H24N2O4S/c1-2-21-12-5-3-4-11(12)15-14(19)16-6-7-20-10(9-16)8-13(17)18/h10-12H,2-9H2,1H3,(H,15,19)(H,17,18). The lowest BCUT2D eigenvalue weighted by Gasteiger charge is -2.33. The van der Waals surface area contributed by atoms with Crippen LogP contribution in [0, 0.1) is 0 Å². The summed E-state index contributed by atoms with van der Waals surface area (Å²) in [5, 5.41) is 12.4. The van der Waals surface area contributed by atoms with Gasteiger partial charge in [0, 0.05) is 24.4 Å². The van der Waals surface area contributed by atoms with Gasteiger partial charge in [-0.2, -0.15) is 11.8 Å².